The molecule has 1 saturated carbocycles. The third kappa shape index (κ3) is 3.32. The highest BCUT2D eigenvalue weighted by molar-refractivity contribution is 5.27. The number of aromatic amines is 1. The molecule has 1 fully saturated rings. The molecule has 21 heavy (non-hydrogen) atoms. The van der Waals surface area contributed by atoms with Gasteiger partial charge in [-0.1, -0.05) is 31.4 Å². The zero-order valence-electron chi connectivity index (χ0n) is 12.2. The van der Waals surface area contributed by atoms with Gasteiger partial charge < -0.3 is 10.3 Å². The molecule has 2 N–H and O–H groups in total. The number of imidazole rings is 1. The van der Waals surface area contributed by atoms with Crippen LogP contribution in [0.1, 0.15) is 43.5 Å². The molecular weight excluding hydrogens is 265 g/mol. The van der Waals surface area contributed by atoms with E-state index in [0.717, 1.165) is 18.9 Å². The van der Waals surface area contributed by atoms with Crippen molar-refractivity contribution in [2.45, 2.75) is 44.1 Å². The summed E-state index contributed by atoms with van der Waals surface area (Å²) >= 11 is 0. The van der Waals surface area contributed by atoms with Gasteiger partial charge in [0, 0.05) is 24.4 Å². The second-order valence-corrected chi connectivity index (χ2v) is 5.99. The highest BCUT2D eigenvalue weighted by atomic mass is 19.1. The Labute approximate surface area is 125 Å². The number of hydrogen-bond acceptors (Lipinski definition) is 2. The maximum atomic E-state index is 13.2. The number of benzene rings is 1. The summed E-state index contributed by atoms with van der Waals surface area (Å²) in [6.07, 6.45) is 9.76. The maximum absolute atomic E-state index is 13.2. The van der Waals surface area contributed by atoms with Crippen molar-refractivity contribution in [3.8, 4) is 0 Å². The van der Waals surface area contributed by atoms with E-state index >= 15 is 0 Å². The third-order valence-electron chi connectivity index (χ3n) is 4.58. The SMILES string of the molecule is Fc1ccc(C2(CNCc3ncc[nH]3)CCCCC2)cc1. The van der Waals surface area contributed by atoms with Crippen molar-refractivity contribution >= 4 is 0 Å². The molecule has 3 nitrogen and oxygen atoms in total. The van der Waals surface area contributed by atoms with Crippen LogP contribution >= 0.6 is 0 Å². The fourth-order valence-corrected chi connectivity index (χ4v) is 3.41. The van der Waals surface area contributed by atoms with E-state index in [1.165, 1.54) is 37.7 Å². The quantitative estimate of drug-likeness (QED) is 0.883. The lowest BCUT2D eigenvalue weighted by Gasteiger charge is -2.38. The van der Waals surface area contributed by atoms with Crippen LogP contribution in [-0.4, -0.2) is 16.5 Å². The molecule has 0 spiro atoms. The van der Waals surface area contributed by atoms with Crippen molar-refractivity contribution in [3.05, 3.63) is 53.9 Å². The van der Waals surface area contributed by atoms with Crippen LogP contribution in [0.4, 0.5) is 4.39 Å². The number of halogens is 1. The van der Waals surface area contributed by atoms with E-state index in [2.05, 4.69) is 15.3 Å². The van der Waals surface area contributed by atoms with Gasteiger partial charge in [-0.15, -0.1) is 0 Å². The minimum Gasteiger partial charge on any atom is -0.348 e. The first-order valence-corrected chi connectivity index (χ1v) is 7.74. The summed E-state index contributed by atoms with van der Waals surface area (Å²) in [5.41, 5.74) is 1.40. The number of nitrogens with zero attached hydrogens (tertiary/aromatic N) is 1. The Morgan fingerprint density at radius 2 is 1.90 bits per heavy atom. The molecule has 0 unspecified atom stereocenters. The summed E-state index contributed by atoms with van der Waals surface area (Å²) in [7, 11) is 0. The standard InChI is InChI=1S/C17H22FN3/c18-15-6-4-14(5-7-15)17(8-2-1-3-9-17)13-19-12-16-20-10-11-21-16/h4-7,10-11,19H,1-3,8-9,12-13H2,(H,20,21). The molecule has 0 aliphatic heterocycles. The van der Waals surface area contributed by atoms with Crippen LogP contribution in [-0.2, 0) is 12.0 Å². The average molecular weight is 287 g/mol. The molecule has 0 bridgehead atoms. The van der Waals surface area contributed by atoms with Crippen LogP contribution in [0.2, 0.25) is 0 Å². The smallest absolute Gasteiger partial charge is 0.123 e. The highest BCUT2D eigenvalue weighted by Crippen LogP contribution is 2.39. The van der Waals surface area contributed by atoms with Crippen molar-refractivity contribution < 1.29 is 4.39 Å². The normalized spacial score (nSPS) is 17.8. The Morgan fingerprint density at radius 3 is 2.57 bits per heavy atom. The summed E-state index contributed by atoms with van der Waals surface area (Å²) in [4.78, 5) is 7.35. The van der Waals surface area contributed by atoms with Crippen LogP contribution in [0.3, 0.4) is 0 Å². The van der Waals surface area contributed by atoms with Crippen LogP contribution in [0.25, 0.3) is 0 Å². The van der Waals surface area contributed by atoms with Crippen molar-refractivity contribution in [1.82, 2.24) is 15.3 Å². The third-order valence-corrected chi connectivity index (χ3v) is 4.58. The van der Waals surface area contributed by atoms with Crippen LogP contribution in [0.5, 0.6) is 0 Å². The number of rotatable bonds is 5. The number of H-pyrrole nitrogens is 1. The van der Waals surface area contributed by atoms with Gasteiger partial charge in [-0.05, 0) is 30.5 Å². The Bertz CT molecular complexity index is 542. The van der Waals surface area contributed by atoms with E-state index in [9.17, 15) is 4.39 Å². The first-order valence-electron chi connectivity index (χ1n) is 7.74. The molecule has 0 atom stereocenters. The summed E-state index contributed by atoms with van der Waals surface area (Å²) in [6.45, 7) is 1.66. The van der Waals surface area contributed by atoms with Crippen molar-refractivity contribution in [2.24, 2.45) is 0 Å². The fourth-order valence-electron chi connectivity index (χ4n) is 3.41. The van der Waals surface area contributed by atoms with Crippen LogP contribution < -0.4 is 5.32 Å². The van der Waals surface area contributed by atoms with E-state index in [1.807, 2.05) is 18.3 Å². The van der Waals surface area contributed by atoms with E-state index < -0.39 is 0 Å². The predicted octanol–water partition coefficient (Wildman–Crippen LogP) is 3.54. The molecule has 0 saturated heterocycles. The van der Waals surface area contributed by atoms with Gasteiger partial charge in [0.2, 0.25) is 0 Å². The van der Waals surface area contributed by atoms with Gasteiger partial charge in [-0.3, -0.25) is 0 Å². The summed E-state index contributed by atoms with van der Waals surface area (Å²) in [5, 5.41) is 3.52. The number of nitrogens with one attached hydrogen (secondary N) is 2. The van der Waals surface area contributed by atoms with Gasteiger partial charge in [-0.25, -0.2) is 9.37 Å². The first-order chi connectivity index (χ1) is 10.3. The minimum atomic E-state index is -0.159. The van der Waals surface area contributed by atoms with Gasteiger partial charge in [-0.2, -0.15) is 0 Å². The molecule has 4 heteroatoms. The Morgan fingerprint density at radius 1 is 1.14 bits per heavy atom. The van der Waals surface area contributed by atoms with Gasteiger partial charge in [0.15, 0.2) is 0 Å². The minimum absolute atomic E-state index is 0.137. The molecule has 0 amide bonds. The Balaban J connectivity index is 1.71. The predicted molar refractivity (Wildman–Crippen MR) is 81.5 cm³/mol. The first kappa shape index (κ1) is 14.3. The lowest BCUT2D eigenvalue weighted by molar-refractivity contribution is 0.278. The summed E-state index contributed by atoms with van der Waals surface area (Å²) in [5.74, 6) is 0.799. The zero-order chi connectivity index (χ0) is 14.5. The molecular formula is C17H22FN3. The largest absolute Gasteiger partial charge is 0.348 e. The Kier molecular flexibility index (Phi) is 4.34. The van der Waals surface area contributed by atoms with Crippen molar-refractivity contribution in [3.63, 3.8) is 0 Å². The van der Waals surface area contributed by atoms with E-state index in [4.69, 9.17) is 0 Å². The van der Waals surface area contributed by atoms with Crippen molar-refractivity contribution in [1.29, 1.82) is 0 Å². The van der Waals surface area contributed by atoms with Gasteiger partial charge in [0.25, 0.3) is 0 Å². The molecule has 112 valence electrons. The summed E-state index contributed by atoms with van der Waals surface area (Å²) < 4.78 is 13.2. The molecule has 1 aliphatic rings. The maximum Gasteiger partial charge on any atom is 0.123 e. The Hall–Kier alpha value is -1.68. The molecule has 1 heterocycles. The second kappa shape index (κ2) is 6.39. The lowest BCUT2D eigenvalue weighted by Crippen LogP contribution is -2.39. The molecule has 1 aromatic carbocycles. The van der Waals surface area contributed by atoms with Crippen LogP contribution in [0.15, 0.2) is 36.7 Å². The molecule has 0 radical (unpaired) electrons. The van der Waals surface area contributed by atoms with Gasteiger partial charge >= 0.3 is 0 Å². The van der Waals surface area contributed by atoms with E-state index in [1.54, 1.807) is 18.3 Å². The lowest BCUT2D eigenvalue weighted by atomic mass is 9.69. The zero-order valence-corrected chi connectivity index (χ0v) is 12.2. The monoisotopic (exact) mass is 287 g/mol. The second-order valence-electron chi connectivity index (χ2n) is 5.99. The average Bonchev–Trinajstić information content (AvgIpc) is 3.02. The molecule has 1 aliphatic carbocycles. The van der Waals surface area contributed by atoms with Crippen molar-refractivity contribution in [2.75, 3.05) is 6.54 Å². The molecule has 2 aromatic rings. The highest BCUT2D eigenvalue weighted by Gasteiger charge is 2.33. The molecule has 3 rings (SSSR count). The number of hydrogen-bond donors (Lipinski definition) is 2. The summed E-state index contributed by atoms with van der Waals surface area (Å²) in [6, 6.07) is 7.07. The fraction of sp³-hybridized carbons (Fsp3) is 0.471. The van der Waals surface area contributed by atoms with Gasteiger partial charge in [0.05, 0.1) is 6.54 Å². The topological polar surface area (TPSA) is 40.7 Å². The van der Waals surface area contributed by atoms with Crippen LogP contribution in [0, 0.1) is 5.82 Å². The van der Waals surface area contributed by atoms with E-state index in [0.29, 0.717) is 0 Å². The molecule has 1 aromatic heterocycles. The van der Waals surface area contributed by atoms with E-state index in [-0.39, 0.29) is 11.2 Å². The number of aromatic nitrogens is 2. The van der Waals surface area contributed by atoms with Gasteiger partial charge in [0.1, 0.15) is 11.6 Å².